The lowest BCUT2D eigenvalue weighted by molar-refractivity contribution is 0.559. The van der Waals surface area contributed by atoms with Crippen molar-refractivity contribution in [3.05, 3.63) is 11.9 Å². The Labute approximate surface area is 115 Å². The fourth-order valence-corrected chi connectivity index (χ4v) is 1.64. The zero-order chi connectivity index (χ0) is 14.7. The second-order valence-electron chi connectivity index (χ2n) is 5.04. The molecule has 0 spiro atoms. The van der Waals surface area contributed by atoms with E-state index in [1.165, 1.54) is 6.26 Å². The van der Waals surface area contributed by atoms with Crippen molar-refractivity contribution in [2.24, 2.45) is 0 Å². The maximum Gasteiger partial charge on any atom is 0.154 e. The van der Waals surface area contributed by atoms with Crippen LogP contribution in [-0.2, 0) is 16.3 Å². The van der Waals surface area contributed by atoms with E-state index in [2.05, 4.69) is 20.6 Å². The summed E-state index contributed by atoms with van der Waals surface area (Å²) >= 11 is 0. The molecule has 0 saturated heterocycles. The van der Waals surface area contributed by atoms with Crippen LogP contribution in [0.3, 0.4) is 0 Å². The molecule has 0 saturated carbocycles. The van der Waals surface area contributed by atoms with Gasteiger partial charge in [0.2, 0.25) is 0 Å². The Morgan fingerprint density at radius 3 is 2.32 bits per heavy atom. The van der Waals surface area contributed by atoms with Gasteiger partial charge in [0.25, 0.3) is 0 Å². The smallest absolute Gasteiger partial charge is 0.154 e. The van der Waals surface area contributed by atoms with Crippen LogP contribution in [0.25, 0.3) is 0 Å². The van der Waals surface area contributed by atoms with Crippen LogP contribution in [-0.4, -0.2) is 43.0 Å². The summed E-state index contributed by atoms with van der Waals surface area (Å²) in [7, 11) is -1.34. The third kappa shape index (κ3) is 4.05. The molecule has 0 aliphatic carbocycles. The van der Waals surface area contributed by atoms with Gasteiger partial charge >= 0.3 is 0 Å². The van der Waals surface area contributed by atoms with E-state index in [-0.39, 0.29) is 0 Å². The molecule has 1 heterocycles. The Hall–Kier alpha value is -1.37. The second kappa shape index (κ2) is 5.73. The summed E-state index contributed by atoms with van der Waals surface area (Å²) in [5.74, 6) is 2.06. The normalized spacial score (nSPS) is 12.3. The van der Waals surface area contributed by atoms with Crippen molar-refractivity contribution >= 4 is 21.5 Å². The fourth-order valence-electron chi connectivity index (χ4n) is 1.31. The predicted molar refractivity (Wildman–Crippen MR) is 78.4 cm³/mol. The summed E-state index contributed by atoms with van der Waals surface area (Å²) in [5, 5.41) is 6.03. The van der Waals surface area contributed by atoms with E-state index in [4.69, 9.17) is 0 Å². The minimum Gasteiger partial charge on any atom is -0.373 e. The first-order valence-electron chi connectivity index (χ1n) is 6.19. The molecule has 0 aromatic carbocycles. The molecule has 108 valence electrons. The van der Waals surface area contributed by atoms with E-state index in [0.29, 0.717) is 24.0 Å². The van der Waals surface area contributed by atoms with Crippen LogP contribution in [0.5, 0.6) is 0 Å². The number of hydrogen-bond acceptors (Lipinski definition) is 6. The van der Waals surface area contributed by atoms with Crippen molar-refractivity contribution in [2.75, 3.05) is 30.5 Å². The number of nitrogens with one attached hydrogen (secondary N) is 2. The molecule has 0 aliphatic rings. The highest BCUT2D eigenvalue weighted by atomic mass is 32.2. The molecule has 19 heavy (non-hydrogen) atoms. The van der Waals surface area contributed by atoms with Crippen LogP contribution in [0, 0.1) is 0 Å². The molecule has 0 amide bonds. The average Bonchev–Trinajstić information content (AvgIpc) is 2.34. The van der Waals surface area contributed by atoms with Crippen molar-refractivity contribution in [3.63, 3.8) is 0 Å². The molecule has 7 heteroatoms. The molecule has 0 fully saturated rings. The van der Waals surface area contributed by atoms with Gasteiger partial charge < -0.3 is 10.6 Å². The second-order valence-corrected chi connectivity index (χ2v) is 7.69. The quantitative estimate of drug-likeness (QED) is 0.820. The Balaban J connectivity index is 2.89. The monoisotopic (exact) mass is 286 g/mol. The number of anilines is 2. The van der Waals surface area contributed by atoms with Crippen LogP contribution in [0.2, 0.25) is 0 Å². The molecular weight excluding hydrogens is 264 g/mol. The van der Waals surface area contributed by atoms with Gasteiger partial charge in [-0.05, 0) is 13.8 Å². The summed E-state index contributed by atoms with van der Waals surface area (Å²) < 4.78 is 22.4. The molecule has 1 rings (SSSR count). The molecule has 1 aromatic heterocycles. The molecule has 6 nitrogen and oxygen atoms in total. The largest absolute Gasteiger partial charge is 0.373 e. The minimum atomic E-state index is -3.13. The number of hydrogen-bond donors (Lipinski definition) is 2. The molecule has 0 unspecified atom stereocenters. The van der Waals surface area contributed by atoms with Crippen LogP contribution in [0.1, 0.15) is 26.6 Å². The molecule has 0 radical (unpaired) electrons. The van der Waals surface area contributed by atoms with Gasteiger partial charge in [0.05, 0.1) is 4.75 Å². The standard InChI is InChI=1S/C12H22N4O2S/c1-6-9-15-10(13-4)7-11(16-9)14-8-12(2,3)19(5,17)18/h7H,6,8H2,1-5H3,(H2,13,14,15,16). The van der Waals surface area contributed by atoms with Crippen molar-refractivity contribution in [1.82, 2.24) is 9.97 Å². The zero-order valence-corrected chi connectivity index (χ0v) is 12.9. The van der Waals surface area contributed by atoms with Crippen molar-refractivity contribution in [2.45, 2.75) is 31.9 Å². The lowest BCUT2D eigenvalue weighted by atomic mass is 10.2. The highest BCUT2D eigenvalue weighted by Crippen LogP contribution is 2.17. The van der Waals surface area contributed by atoms with E-state index >= 15 is 0 Å². The first-order valence-corrected chi connectivity index (χ1v) is 8.08. The molecule has 2 N–H and O–H groups in total. The first-order chi connectivity index (χ1) is 8.69. The lowest BCUT2D eigenvalue weighted by Crippen LogP contribution is -2.38. The SMILES string of the molecule is CCc1nc(NC)cc(NCC(C)(C)S(C)(=O)=O)n1. The van der Waals surface area contributed by atoms with E-state index in [9.17, 15) is 8.42 Å². The summed E-state index contributed by atoms with van der Waals surface area (Å²) in [6, 6.07) is 1.76. The van der Waals surface area contributed by atoms with E-state index in [0.717, 1.165) is 6.42 Å². The Kier molecular flexibility index (Phi) is 4.73. The van der Waals surface area contributed by atoms with Gasteiger partial charge in [0.15, 0.2) is 9.84 Å². The predicted octanol–water partition coefficient (Wildman–Crippen LogP) is 1.32. The summed E-state index contributed by atoms with van der Waals surface area (Å²) in [5.41, 5.74) is 0. The van der Waals surface area contributed by atoms with Crippen molar-refractivity contribution in [1.29, 1.82) is 0 Å². The van der Waals surface area contributed by atoms with E-state index in [1.54, 1.807) is 27.0 Å². The Bertz CT molecular complexity index is 518. The molecular formula is C12H22N4O2S. The maximum atomic E-state index is 11.6. The third-order valence-electron chi connectivity index (χ3n) is 3.04. The van der Waals surface area contributed by atoms with Gasteiger partial charge in [-0.1, -0.05) is 6.92 Å². The minimum absolute atomic E-state index is 0.301. The van der Waals surface area contributed by atoms with Gasteiger partial charge in [-0.25, -0.2) is 18.4 Å². The van der Waals surface area contributed by atoms with Gasteiger partial charge in [-0.15, -0.1) is 0 Å². The van der Waals surface area contributed by atoms with Gasteiger partial charge in [0.1, 0.15) is 17.5 Å². The fraction of sp³-hybridized carbons (Fsp3) is 0.667. The number of sulfone groups is 1. The summed E-state index contributed by atoms with van der Waals surface area (Å²) in [6.07, 6.45) is 1.96. The lowest BCUT2D eigenvalue weighted by Gasteiger charge is -2.23. The van der Waals surface area contributed by atoms with Crippen LogP contribution in [0.4, 0.5) is 11.6 Å². The van der Waals surface area contributed by atoms with Crippen molar-refractivity contribution < 1.29 is 8.42 Å². The highest BCUT2D eigenvalue weighted by molar-refractivity contribution is 7.92. The molecule has 0 bridgehead atoms. The summed E-state index contributed by atoms with van der Waals surface area (Å²) in [4.78, 5) is 8.61. The average molecular weight is 286 g/mol. The third-order valence-corrected chi connectivity index (χ3v) is 5.20. The topological polar surface area (TPSA) is 84.0 Å². The Morgan fingerprint density at radius 2 is 1.84 bits per heavy atom. The zero-order valence-electron chi connectivity index (χ0n) is 12.1. The molecule has 0 atom stereocenters. The van der Waals surface area contributed by atoms with E-state index in [1.807, 2.05) is 6.92 Å². The van der Waals surface area contributed by atoms with Crippen LogP contribution >= 0.6 is 0 Å². The highest BCUT2D eigenvalue weighted by Gasteiger charge is 2.29. The summed E-state index contributed by atoms with van der Waals surface area (Å²) in [6.45, 7) is 5.65. The number of nitrogens with zero attached hydrogens (tertiary/aromatic N) is 2. The number of rotatable bonds is 6. The van der Waals surface area contributed by atoms with Crippen LogP contribution < -0.4 is 10.6 Å². The maximum absolute atomic E-state index is 11.6. The van der Waals surface area contributed by atoms with Crippen molar-refractivity contribution in [3.8, 4) is 0 Å². The number of aryl methyl sites for hydroxylation is 1. The van der Waals surface area contributed by atoms with Gasteiger partial charge in [-0.3, -0.25) is 0 Å². The van der Waals surface area contributed by atoms with E-state index < -0.39 is 14.6 Å². The van der Waals surface area contributed by atoms with Gasteiger partial charge in [-0.2, -0.15) is 0 Å². The number of aromatic nitrogens is 2. The molecule has 0 aliphatic heterocycles. The molecule has 1 aromatic rings. The van der Waals surface area contributed by atoms with Gasteiger partial charge in [0, 0.05) is 32.3 Å². The van der Waals surface area contributed by atoms with Crippen LogP contribution in [0.15, 0.2) is 6.07 Å². The first kappa shape index (κ1) is 15.7. The Morgan fingerprint density at radius 1 is 1.26 bits per heavy atom.